The van der Waals surface area contributed by atoms with Crippen molar-refractivity contribution < 1.29 is 41.4 Å². The summed E-state index contributed by atoms with van der Waals surface area (Å²) < 4.78 is 72.1. The highest BCUT2D eigenvalue weighted by molar-refractivity contribution is 7.08. The lowest BCUT2D eigenvalue weighted by molar-refractivity contribution is -0.143. The van der Waals surface area contributed by atoms with Gasteiger partial charge in [0.25, 0.3) is 0 Å². The molecule has 2 aromatic carbocycles. The molecule has 0 bridgehead atoms. The predicted molar refractivity (Wildman–Crippen MR) is 148 cm³/mol. The number of carboxylic acid groups (broad SMARTS) is 1. The van der Waals surface area contributed by atoms with Crippen LogP contribution in [0.1, 0.15) is 35.4 Å². The molecule has 3 aromatic rings. The van der Waals surface area contributed by atoms with E-state index < -0.39 is 43.3 Å². The van der Waals surface area contributed by atoms with Gasteiger partial charge < -0.3 is 20.5 Å². The van der Waals surface area contributed by atoms with Crippen molar-refractivity contribution in [3.8, 4) is 0 Å². The van der Waals surface area contributed by atoms with Crippen molar-refractivity contribution in [3.05, 3.63) is 87.6 Å². The summed E-state index contributed by atoms with van der Waals surface area (Å²) in [7, 11) is 0. The first kappa shape index (κ1) is 31.4. The van der Waals surface area contributed by atoms with E-state index in [2.05, 4.69) is 10.6 Å². The Morgan fingerprint density at radius 3 is 2.50 bits per heavy atom. The fourth-order valence-corrected chi connectivity index (χ4v) is 5.60. The summed E-state index contributed by atoms with van der Waals surface area (Å²) >= 11 is 1.48. The number of ether oxygens (including phenoxy) is 1. The molecule has 1 aromatic heterocycles. The first-order chi connectivity index (χ1) is 20.0. The van der Waals surface area contributed by atoms with Crippen molar-refractivity contribution in [3.63, 3.8) is 0 Å². The minimum Gasteiger partial charge on any atom is -0.465 e. The second-order valence-corrected chi connectivity index (χ2v) is 10.8. The molecule has 2 amide bonds. The van der Waals surface area contributed by atoms with Gasteiger partial charge in [-0.1, -0.05) is 18.2 Å². The molecular weight excluding hydrogens is 581 g/mol. The number of amides is 2. The van der Waals surface area contributed by atoms with Crippen LogP contribution in [0.2, 0.25) is 0 Å². The van der Waals surface area contributed by atoms with Gasteiger partial charge in [-0.3, -0.25) is 9.69 Å². The lowest BCUT2D eigenvalue weighted by Crippen LogP contribution is -2.53. The van der Waals surface area contributed by atoms with E-state index >= 15 is 0 Å². The third kappa shape index (κ3) is 8.97. The zero-order chi connectivity index (χ0) is 30.3. The van der Waals surface area contributed by atoms with Crippen LogP contribution in [0.25, 0.3) is 0 Å². The Labute approximate surface area is 243 Å². The molecule has 0 radical (unpaired) electrons. The lowest BCUT2D eigenvalue weighted by atomic mass is 9.90. The summed E-state index contributed by atoms with van der Waals surface area (Å²) in [5, 5.41) is 18.7. The molecule has 0 unspecified atom stereocenters. The molecule has 7 nitrogen and oxygen atoms in total. The number of nitrogens with one attached hydrogen (secondary N) is 2. The molecule has 226 valence electrons. The molecule has 3 atom stereocenters. The zero-order valence-corrected chi connectivity index (χ0v) is 23.2. The summed E-state index contributed by atoms with van der Waals surface area (Å²) in [5.74, 6) is -1.56. The normalized spacial score (nSPS) is 17.9. The Bertz CT molecular complexity index is 1330. The molecule has 42 heavy (non-hydrogen) atoms. The maximum absolute atomic E-state index is 14.9. The average molecular weight is 612 g/mol. The maximum atomic E-state index is 14.9. The molecule has 1 aliphatic rings. The van der Waals surface area contributed by atoms with Crippen molar-refractivity contribution in [1.82, 2.24) is 10.2 Å². The van der Waals surface area contributed by atoms with Crippen LogP contribution >= 0.6 is 11.3 Å². The summed E-state index contributed by atoms with van der Waals surface area (Å²) in [6.07, 6.45) is -6.12. The van der Waals surface area contributed by atoms with Crippen LogP contribution in [-0.4, -0.2) is 66.6 Å². The minimum atomic E-state index is -4.66. The van der Waals surface area contributed by atoms with Gasteiger partial charge in [0.05, 0.1) is 12.7 Å². The quantitative estimate of drug-likeness (QED) is 0.231. The fourth-order valence-electron chi connectivity index (χ4n) is 4.88. The zero-order valence-electron chi connectivity index (χ0n) is 22.4. The van der Waals surface area contributed by atoms with E-state index in [1.165, 1.54) is 35.6 Å². The van der Waals surface area contributed by atoms with Crippen LogP contribution in [0, 0.1) is 11.6 Å². The number of nitrogens with zero attached hydrogens (tertiary/aromatic N) is 1. The van der Waals surface area contributed by atoms with E-state index in [0.29, 0.717) is 12.1 Å². The monoisotopic (exact) mass is 611 g/mol. The van der Waals surface area contributed by atoms with E-state index in [-0.39, 0.29) is 54.1 Å². The van der Waals surface area contributed by atoms with E-state index in [1.807, 2.05) is 16.8 Å². The van der Waals surface area contributed by atoms with Gasteiger partial charge in [0.1, 0.15) is 18.2 Å². The molecule has 1 fully saturated rings. The van der Waals surface area contributed by atoms with Gasteiger partial charge in [-0.25, -0.2) is 13.6 Å². The number of thiophene rings is 1. The Kier molecular flexibility index (Phi) is 10.5. The van der Waals surface area contributed by atoms with Gasteiger partial charge in [0, 0.05) is 42.7 Å². The fraction of sp³-hybridized carbons (Fsp3) is 0.379. The summed E-state index contributed by atoms with van der Waals surface area (Å²) in [5.41, 5.74) is 2.28. The Morgan fingerprint density at radius 2 is 1.88 bits per heavy atom. The second-order valence-electron chi connectivity index (χ2n) is 10.1. The molecule has 3 N–H and O–H groups in total. The van der Waals surface area contributed by atoms with E-state index in [1.54, 1.807) is 18.2 Å². The van der Waals surface area contributed by atoms with Crippen LogP contribution in [0.5, 0.6) is 0 Å². The standard InChI is InChI=1S/C29H30F5N3O4S/c30-20-6-4-18(5-7-20)24(19-10-11-42-16-19)12-27(38)36-26-3-1-2-25(31)23(26)9-8-22-13-35-21(15-41-22)14-37(28(39)40)17-29(32,33)34/h1-7,10-11,16,21-22,24,35H,8-9,12-15,17H2,(H,36,38)(H,39,40)/t21-,22+,24-/m0/s1. The van der Waals surface area contributed by atoms with Crippen molar-refractivity contribution in [2.75, 3.05) is 31.6 Å². The Hall–Kier alpha value is -3.55. The number of hydrogen-bond donors (Lipinski definition) is 3. The molecule has 0 aliphatic carbocycles. The van der Waals surface area contributed by atoms with Crippen LogP contribution < -0.4 is 10.6 Å². The van der Waals surface area contributed by atoms with Gasteiger partial charge in [-0.2, -0.15) is 24.5 Å². The maximum Gasteiger partial charge on any atom is 0.407 e. The molecule has 0 spiro atoms. The van der Waals surface area contributed by atoms with E-state index in [9.17, 15) is 31.5 Å². The first-order valence-corrected chi connectivity index (χ1v) is 14.2. The SMILES string of the molecule is O=C(C[C@@H](c1ccc(F)cc1)c1ccsc1)Nc1cccc(F)c1CC[C@@H]1CN[C@@H](CN(CC(F)(F)F)C(=O)O)CO1. The highest BCUT2D eigenvalue weighted by Gasteiger charge is 2.35. The van der Waals surface area contributed by atoms with Gasteiger partial charge in [-0.15, -0.1) is 0 Å². The number of morpholine rings is 1. The number of benzene rings is 2. The number of rotatable bonds is 11. The number of halogens is 5. The lowest BCUT2D eigenvalue weighted by Gasteiger charge is -2.33. The molecule has 0 saturated carbocycles. The van der Waals surface area contributed by atoms with Crippen molar-refractivity contribution >= 4 is 29.0 Å². The van der Waals surface area contributed by atoms with Crippen molar-refractivity contribution in [2.24, 2.45) is 0 Å². The minimum absolute atomic E-state index is 0.0134. The number of anilines is 1. The topological polar surface area (TPSA) is 90.9 Å². The third-order valence-corrected chi connectivity index (χ3v) is 7.67. The van der Waals surface area contributed by atoms with Crippen LogP contribution in [0.4, 0.5) is 32.4 Å². The largest absolute Gasteiger partial charge is 0.465 e. The number of alkyl halides is 3. The third-order valence-electron chi connectivity index (χ3n) is 6.97. The molecule has 1 saturated heterocycles. The smallest absolute Gasteiger partial charge is 0.407 e. The number of carbonyl (C=O) groups excluding carboxylic acids is 1. The van der Waals surface area contributed by atoms with Gasteiger partial charge >= 0.3 is 12.3 Å². The molecule has 13 heteroatoms. The first-order valence-electron chi connectivity index (χ1n) is 13.2. The number of carbonyl (C=O) groups is 2. The highest BCUT2D eigenvalue weighted by atomic mass is 32.1. The Morgan fingerprint density at radius 1 is 1.12 bits per heavy atom. The number of hydrogen-bond acceptors (Lipinski definition) is 5. The van der Waals surface area contributed by atoms with Gasteiger partial charge in [-0.05, 0) is 65.1 Å². The molecular formula is C29H30F5N3O4S. The van der Waals surface area contributed by atoms with E-state index in [0.717, 1.165) is 11.1 Å². The van der Waals surface area contributed by atoms with E-state index in [4.69, 9.17) is 9.84 Å². The highest BCUT2D eigenvalue weighted by Crippen LogP contribution is 2.31. The summed E-state index contributed by atoms with van der Waals surface area (Å²) in [6.45, 7) is -1.75. The second kappa shape index (κ2) is 14.1. The van der Waals surface area contributed by atoms with Gasteiger partial charge in [0.15, 0.2) is 0 Å². The van der Waals surface area contributed by atoms with Crippen LogP contribution in [-0.2, 0) is 16.0 Å². The predicted octanol–water partition coefficient (Wildman–Crippen LogP) is 6.02. The average Bonchev–Trinajstić information content (AvgIpc) is 3.46. The molecule has 1 aliphatic heterocycles. The Balaban J connectivity index is 1.34. The van der Waals surface area contributed by atoms with Crippen molar-refractivity contribution in [2.45, 2.75) is 43.5 Å². The molecule has 2 heterocycles. The van der Waals surface area contributed by atoms with Crippen molar-refractivity contribution in [1.29, 1.82) is 0 Å². The molecule has 4 rings (SSSR count). The van der Waals surface area contributed by atoms with Crippen LogP contribution in [0.3, 0.4) is 0 Å². The summed E-state index contributed by atoms with van der Waals surface area (Å²) in [4.78, 5) is 24.6. The van der Waals surface area contributed by atoms with Crippen LogP contribution in [0.15, 0.2) is 59.3 Å². The van der Waals surface area contributed by atoms with Gasteiger partial charge in [0.2, 0.25) is 5.91 Å². The summed E-state index contributed by atoms with van der Waals surface area (Å²) in [6, 6.07) is 11.6.